The van der Waals surface area contributed by atoms with E-state index in [4.69, 9.17) is 11.6 Å². The molecule has 0 bridgehead atoms. The Morgan fingerprint density at radius 3 is 2.43 bits per heavy atom. The number of nitrogens with zero attached hydrogens (tertiary/aromatic N) is 2. The fourth-order valence-corrected chi connectivity index (χ4v) is 4.10. The van der Waals surface area contributed by atoms with Gasteiger partial charge in [0.15, 0.2) is 0 Å². The van der Waals surface area contributed by atoms with Crippen molar-refractivity contribution in [2.45, 2.75) is 40.1 Å². The molecule has 114 valence electrons. The molecule has 0 unspecified atom stereocenters. The van der Waals surface area contributed by atoms with Gasteiger partial charge in [0.2, 0.25) is 0 Å². The fraction of sp³-hybridized carbons (Fsp3) is 0.562. The summed E-state index contributed by atoms with van der Waals surface area (Å²) in [7, 11) is 0. The highest BCUT2D eigenvalue weighted by Gasteiger charge is 2.64. The molecular weight excluding hydrogens is 402 g/mol. The first-order chi connectivity index (χ1) is 9.70. The molecule has 21 heavy (non-hydrogen) atoms. The second kappa shape index (κ2) is 4.82. The largest absolute Gasteiger partial charge is 0.327 e. The van der Waals surface area contributed by atoms with Gasteiger partial charge in [-0.15, -0.1) is 11.6 Å². The van der Waals surface area contributed by atoms with Crippen LogP contribution >= 0.6 is 34.2 Å². The van der Waals surface area contributed by atoms with Crippen LogP contribution in [0, 0.1) is 26.1 Å². The second-order valence-corrected chi connectivity index (χ2v) is 8.45. The van der Waals surface area contributed by atoms with E-state index in [1.807, 2.05) is 22.6 Å². The standard InChI is InChI=1S/C16H19ClFIN2/c1-15(2)13(16(15,3)4)8-21-12-5-9(18)10(19)6-11(12)20-14(21)7-17/h5-6,13H,7-8H2,1-4H3. The summed E-state index contributed by atoms with van der Waals surface area (Å²) in [5.41, 5.74) is 2.25. The van der Waals surface area contributed by atoms with Crippen LogP contribution in [0.1, 0.15) is 33.5 Å². The van der Waals surface area contributed by atoms with E-state index in [0.717, 1.165) is 23.4 Å². The first-order valence-electron chi connectivity index (χ1n) is 7.10. The topological polar surface area (TPSA) is 17.8 Å². The van der Waals surface area contributed by atoms with Gasteiger partial charge in [-0.25, -0.2) is 9.37 Å². The molecule has 1 fully saturated rings. The van der Waals surface area contributed by atoms with Crippen LogP contribution in [0.25, 0.3) is 11.0 Å². The first-order valence-corrected chi connectivity index (χ1v) is 8.71. The summed E-state index contributed by atoms with van der Waals surface area (Å²) in [4.78, 5) is 4.57. The molecule has 5 heteroatoms. The van der Waals surface area contributed by atoms with Gasteiger partial charge in [0, 0.05) is 12.6 Å². The third kappa shape index (κ3) is 2.21. The average Bonchev–Trinajstić information content (AvgIpc) is 2.69. The van der Waals surface area contributed by atoms with Crippen molar-refractivity contribution in [1.82, 2.24) is 9.55 Å². The Morgan fingerprint density at radius 1 is 1.29 bits per heavy atom. The number of fused-ring (bicyclic) bond motifs is 1. The lowest BCUT2D eigenvalue weighted by Gasteiger charge is -2.09. The Bertz CT molecular complexity index is 707. The highest BCUT2D eigenvalue weighted by molar-refractivity contribution is 14.1. The van der Waals surface area contributed by atoms with Crippen molar-refractivity contribution in [3.63, 3.8) is 0 Å². The molecule has 1 heterocycles. The summed E-state index contributed by atoms with van der Waals surface area (Å²) in [6, 6.07) is 3.38. The Kier molecular flexibility index (Phi) is 3.56. The Balaban J connectivity index is 2.08. The molecule has 0 N–H and O–H groups in total. The number of rotatable bonds is 3. The molecule has 0 radical (unpaired) electrons. The van der Waals surface area contributed by atoms with Crippen molar-refractivity contribution >= 4 is 45.2 Å². The zero-order chi connectivity index (χ0) is 15.6. The summed E-state index contributed by atoms with van der Waals surface area (Å²) >= 11 is 8.05. The molecule has 0 spiro atoms. The van der Waals surface area contributed by atoms with E-state index in [1.165, 1.54) is 0 Å². The molecule has 2 aromatic rings. The van der Waals surface area contributed by atoms with Gasteiger partial charge < -0.3 is 4.57 Å². The molecule has 1 aliphatic rings. The van der Waals surface area contributed by atoms with Crippen molar-refractivity contribution in [3.05, 3.63) is 27.3 Å². The lowest BCUT2D eigenvalue weighted by atomic mass is 10.0. The number of benzene rings is 1. The fourth-order valence-electron chi connectivity index (χ4n) is 3.45. The van der Waals surface area contributed by atoms with E-state index < -0.39 is 0 Å². The summed E-state index contributed by atoms with van der Waals surface area (Å²) < 4.78 is 16.6. The number of hydrogen-bond donors (Lipinski definition) is 0. The van der Waals surface area contributed by atoms with Gasteiger partial charge >= 0.3 is 0 Å². The smallest absolute Gasteiger partial charge is 0.138 e. The zero-order valence-corrected chi connectivity index (χ0v) is 15.6. The van der Waals surface area contributed by atoms with Crippen LogP contribution in [-0.2, 0) is 12.4 Å². The van der Waals surface area contributed by atoms with Gasteiger partial charge in [-0.3, -0.25) is 0 Å². The SMILES string of the molecule is CC1(C)C(Cn2c(CCl)nc3cc(I)c(F)cc32)C1(C)C. The lowest BCUT2D eigenvalue weighted by molar-refractivity contribution is 0.457. The summed E-state index contributed by atoms with van der Waals surface area (Å²) in [6.07, 6.45) is 0. The molecule has 1 aliphatic carbocycles. The van der Waals surface area contributed by atoms with Gasteiger partial charge in [0.1, 0.15) is 11.6 Å². The Hall–Kier alpha value is -0.360. The van der Waals surface area contributed by atoms with Crippen LogP contribution in [0.2, 0.25) is 0 Å². The quantitative estimate of drug-likeness (QED) is 0.493. The van der Waals surface area contributed by atoms with E-state index >= 15 is 0 Å². The van der Waals surface area contributed by atoms with Gasteiger partial charge in [-0.2, -0.15) is 0 Å². The Labute approximate surface area is 143 Å². The maximum Gasteiger partial charge on any atom is 0.138 e. The van der Waals surface area contributed by atoms with Crippen molar-refractivity contribution < 1.29 is 4.39 Å². The maximum atomic E-state index is 13.9. The number of alkyl halides is 1. The highest BCUT2D eigenvalue weighted by atomic mass is 127. The molecule has 1 aromatic heterocycles. The van der Waals surface area contributed by atoms with Gasteiger partial charge in [-0.05, 0) is 45.4 Å². The summed E-state index contributed by atoms with van der Waals surface area (Å²) in [5, 5.41) is 0. The molecule has 1 aromatic carbocycles. The lowest BCUT2D eigenvalue weighted by Crippen LogP contribution is -2.07. The molecular formula is C16H19ClFIN2. The molecule has 1 saturated carbocycles. The average molecular weight is 421 g/mol. The number of aromatic nitrogens is 2. The van der Waals surface area contributed by atoms with E-state index in [9.17, 15) is 4.39 Å². The minimum absolute atomic E-state index is 0.195. The zero-order valence-electron chi connectivity index (χ0n) is 12.7. The van der Waals surface area contributed by atoms with Gasteiger partial charge in [0.05, 0.1) is 20.5 Å². The van der Waals surface area contributed by atoms with E-state index in [2.05, 4.69) is 37.2 Å². The maximum absolute atomic E-state index is 13.9. The van der Waals surface area contributed by atoms with E-state index in [1.54, 1.807) is 12.1 Å². The molecule has 0 atom stereocenters. The van der Waals surface area contributed by atoms with Crippen molar-refractivity contribution in [1.29, 1.82) is 0 Å². The minimum atomic E-state index is -0.195. The van der Waals surface area contributed by atoms with Crippen molar-refractivity contribution in [2.75, 3.05) is 0 Å². The normalized spacial score (nSPS) is 20.1. The van der Waals surface area contributed by atoms with Crippen molar-refractivity contribution in [2.24, 2.45) is 16.7 Å². The number of halogens is 3. The predicted molar refractivity (Wildman–Crippen MR) is 93.0 cm³/mol. The molecule has 0 aliphatic heterocycles. The second-order valence-electron chi connectivity index (χ2n) is 7.02. The van der Waals surface area contributed by atoms with Crippen LogP contribution in [-0.4, -0.2) is 9.55 Å². The van der Waals surface area contributed by atoms with Crippen LogP contribution < -0.4 is 0 Å². The third-order valence-corrected chi connectivity index (χ3v) is 6.74. The van der Waals surface area contributed by atoms with Gasteiger partial charge in [-0.1, -0.05) is 27.7 Å². The summed E-state index contributed by atoms with van der Waals surface area (Å²) in [6.45, 7) is 10.0. The first kappa shape index (κ1) is 15.5. The minimum Gasteiger partial charge on any atom is -0.327 e. The summed E-state index contributed by atoms with van der Waals surface area (Å²) in [5.74, 6) is 1.53. The van der Waals surface area contributed by atoms with Crippen LogP contribution in [0.4, 0.5) is 4.39 Å². The predicted octanol–water partition coefficient (Wildman–Crippen LogP) is 5.20. The highest BCUT2D eigenvalue weighted by Crippen LogP contribution is 2.69. The monoisotopic (exact) mass is 420 g/mol. The Morgan fingerprint density at radius 2 is 1.90 bits per heavy atom. The number of hydrogen-bond acceptors (Lipinski definition) is 1. The molecule has 0 saturated heterocycles. The van der Waals surface area contributed by atoms with E-state index in [0.29, 0.717) is 15.4 Å². The number of imidazole rings is 1. The third-order valence-electron chi connectivity index (χ3n) is 5.67. The van der Waals surface area contributed by atoms with Crippen LogP contribution in [0.5, 0.6) is 0 Å². The van der Waals surface area contributed by atoms with E-state index in [-0.39, 0.29) is 16.6 Å². The molecule has 0 amide bonds. The van der Waals surface area contributed by atoms with Crippen molar-refractivity contribution in [3.8, 4) is 0 Å². The van der Waals surface area contributed by atoms with Crippen LogP contribution in [0.15, 0.2) is 12.1 Å². The van der Waals surface area contributed by atoms with Gasteiger partial charge in [0.25, 0.3) is 0 Å². The van der Waals surface area contributed by atoms with Crippen LogP contribution in [0.3, 0.4) is 0 Å². The molecule has 3 rings (SSSR count). The molecule has 2 nitrogen and oxygen atoms in total.